The Balaban J connectivity index is 1.22. The number of ether oxygens (including phenoxy) is 2. The molecule has 8 heteroatoms. The lowest BCUT2D eigenvalue weighted by atomic mass is 9.56. The van der Waals surface area contributed by atoms with Crippen LogP contribution in [0, 0.1) is 23.7 Å². The predicted molar refractivity (Wildman–Crippen MR) is 195 cm³/mol. The number of para-hydroxylation sites is 1. The molecule has 9 atom stereocenters. The fourth-order valence-electron chi connectivity index (χ4n) is 11.8. The maximum atomic E-state index is 14.1. The van der Waals surface area contributed by atoms with E-state index in [1.807, 2.05) is 0 Å². The number of likely N-dealkylation sites (N-methyl/N-ethyl adjacent to an activating group) is 1. The van der Waals surface area contributed by atoms with Gasteiger partial charge in [0.25, 0.3) is 0 Å². The molecule has 1 unspecified atom stereocenters. The van der Waals surface area contributed by atoms with Crippen molar-refractivity contribution in [3.8, 4) is 0 Å². The van der Waals surface area contributed by atoms with Gasteiger partial charge >= 0.3 is 11.9 Å². The number of hydrogen-bond acceptors (Lipinski definition) is 6. The molecule has 6 bridgehead atoms. The number of allylic oxidation sites excluding steroid dienone is 1. The van der Waals surface area contributed by atoms with Crippen LogP contribution in [0.2, 0.25) is 0 Å². The number of likely N-dealkylation sites (tertiary alicyclic amines) is 1. The van der Waals surface area contributed by atoms with Crippen LogP contribution in [0.15, 0.2) is 54.1 Å². The first-order valence-corrected chi connectivity index (χ1v) is 18.8. The molecule has 2 aromatic heterocycles. The highest BCUT2D eigenvalue weighted by atomic mass is 16.5. The Labute approximate surface area is 294 Å². The molecule has 6 aliphatic rings. The Bertz CT molecular complexity index is 2040. The number of fused-ring (bicyclic) bond motifs is 9. The Morgan fingerprint density at radius 3 is 2.62 bits per heavy atom. The number of aromatic amines is 2. The van der Waals surface area contributed by atoms with Crippen LogP contribution in [0.3, 0.4) is 0 Å². The summed E-state index contributed by atoms with van der Waals surface area (Å²) >= 11 is 0. The summed E-state index contributed by atoms with van der Waals surface area (Å²) in [4.78, 5) is 40.6. The first-order chi connectivity index (χ1) is 24.3. The molecule has 10 rings (SSSR count). The summed E-state index contributed by atoms with van der Waals surface area (Å²) in [6.45, 7) is 7.29. The van der Waals surface area contributed by atoms with E-state index in [4.69, 9.17) is 9.47 Å². The third-order valence-corrected chi connectivity index (χ3v) is 13.9. The van der Waals surface area contributed by atoms with E-state index in [0.29, 0.717) is 11.8 Å². The third-order valence-electron chi connectivity index (χ3n) is 13.9. The minimum Gasteiger partial charge on any atom is -0.469 e. The number of rotatable bonds is 4. The number of piperidine rings is 3. The van der Waals surface area contributed by atoms with Gasteiger partial charge in [-0.25, -0.2) is 0 Å². The van der Waals surface area contributed by atoms with Crippen molar-refractivity contribution in [1.29, 1.82) is 0 Å². The van der Waals surface area contributed by atoms with E-state index in [9.17, 15) is 9.59 Å². The van der Waals surface area contributed by atoms with Crippen molar-refractivity contribution in [3.63, 3.8) is 0 Å². The van der Waals surface area contributed by atoms with Crippen molar-refractivity contribution in [1.82, 2.24) is 19.8 Å². The SMILES string of the molecule is C/C=C1\CN(C)[C@@H]2Cc3c([nH]c4ccccc34)[C@H](c3ccc4c5c([nH]c4c3)[C@]3(C(=O)OC)C[C@H]4C[C@H](CC)[C@@H]3N(CC5)C4)C[C@@H]1[C@H]2C(=O)OC. The summed E-state index contributed by atoms with van der Waals surface area (Å²) in [7, 11) is 5.25. The molecule has 6 heterocycles. The second-order valence-corrected chi connectivity index (χ2v) is 16.0. The standard InChI is InChI=1S/C42H50N4O4/c1-6-24-16-23-20-42(41(48)50-5)38-29(14-15-46(21-23)39(24)42)28-13-12-26(17-34(28)44-38)31-18-30-25(7-2)22-45(3)35(36(30)40(47)49-4)19-32-27-10-8-9-11-33(27)43-37(31)32/h7-13,17,23-24,30-31,35-36,39,43-44H,6,14-16,18-22H2,1-5H3/b25-7+/t23-,24+,30+,31+,35-,36-,39+,42-/m1/s1. The number of methoxy groups -OCH3 is 2. The lowest BCUT2D eigenvalue weighted by Gasteiger charge is -2.57. The lowest BCUT2D eigenvalue weighted by Crippen LogP contribution is -2.67. The fraction of sp³-hybridized carbons (Fsp3) is 0.524. The quantitative estimate of drug-likeness (QED) is 0.190. The van der Waals surface area contributed by atoms with E-state index < -0.39 is 5.41 Å². The lowest BCUT2D eigenvalue weighted by molar-refractivity contribution is -0.162. The molecular formula is C42H50N4O4. The summed E-state index contributed by atoms with van der Waals surface area (Å²) in [6, 6.07) is 15.8. The maximum Gasteiger partial charge on any atom is 0.319 e. The zero-order valence-corrected chi connectivity index (χ0v) is 30.1. The highest BCUT2D eigenvalue weighted by molar-refractivity contribution is 5.92. The Hall–Kier alpha value is -3.88. The first-order valence-electron chi connectivity index (χ1n) is 18.8. The van der Waals surface area contributed by atoms with Gasteiger partial charge in [0, 0.05) is 70.8 Å². The number of benzene rings is 2. The van der Waals surface area contributed by atoms with E-state index in [-0.39, 0.29) is 41.8 Å². The highest BCUT2D eigenvalue weighted by Gasteiger charge is 2.62. The Morgan fingerprint density at radius 1 is 1.02 bits per heavy atom. The van der Waals surface area contributed by atoms with Gasteiger partial charge in [0.05, 0.1) is 20.1 Å². The van der Waals surface area contributed by atoms with Crippen LogP contribution in [-0.2, 0) is 37.3 Å². The molecule has 8 nitrogen and oxygen atoms in total. The molecule has 2 N–H and O–H groups in total. The summed E-state index contributed by atoms with van der Waals surface area (Å²) in [5, 5.41) is 2.45. The molecule has 2 aromatic carbocycles. The number of nitrogens with one attached hydrogen (secondary N) is 2. The fourth-order valence-corrected chi connectivity index (χ4v) is 11.8. The average Bonchev–Trinajstić information content (AvgIpc) is 3.67. The number of carbonyl (C=O) groups excluding carboxylic acids is 2. The van der Waals surface area contributed by atoms with Crippen LogP contribution in [0.4, 0.5) is 0 Å². The smallest absolute Gasteiger partial charge is 0.319 e. The van der Waals surface area contributed by atoms with Gasteiger partial charge in [-0.2, -0.15) is 0 Å². The molecule has 262 valence electrons. The largest absolute Gasteiger partial charge is 0.469 e. The maximum absolute atomic E-state index is 14.1. The van der Waals surface area contributed by atoms with Gasteiger partial charge in [-0.3, -0.25) is 19.4 Å². The monoisotopic (exact) mass is 674 g/mol. The molecular weight excluding hydrogens is 624 g/mol. The van der Waals surface area contributed by atoms with E-state index in [2.05, 4.69) is 89.2 Å². The zero-order chi connectivity index (χ0) is 34.5. The minimum atomic E-state index is -0.677. The first kappa shape index (κ1) is 32.1. The van der Waals surface area contributed by atoms with Crippen molar-refractivity contribution in [3.05, 3.63) is 82.2 Å². The topological polar surface area (TPSA) is 90.7 Å². The summed E-state index contributed by atoms with van der Waals surface area (Å²) in [5.41, 5.74) is 9.01. The minimum absolute atomic E-state index is 0.0431. The second kappa shape index (κ2) is 11.8. The Kier molecular flexibility index (Phi) is 7.59. The number of hydrogen-bond donors (Lipinski definition) is 2. The third kappa shape index (κ3) is 4.43. The van der Waals surface area contributed by atoms with Crippen molar-refractivity contribution in [2.24, 2.45) is 23.7 Å². The van der Waals surface area contributed by atoms with E-state index in [1.54, 1.807) is 7.11 Å². The summed E-state index contributed by atoms with van der Waals surface area (Å²) in [6.07, 6.45) is 7.84. The Morgan fingerprint density at radius 2 is 1.84 bits per heavy atom. The average molecular weight is 675 g/mol. The predicted octanol–water partition coefficient (Wildman–Crippen LogP) is 6.48. The number of H-pyrrole nitrogens is 2. The molecule has 4 aromatic rings. The van der Waals surface area contributed by atoms with Crippen molar-refractivity contribution in [2.75, 3.05) is 40.9 Å². The van der Waals surface area contributed by atoms with Gasteiger partial charge in [-0.15, -0.1) is 0 Å². The second-order valence-electron chi connectivity index (χ2n) is 16.0. The molecule has 4 fully saturated rings. The molecule has 0 spiro atoms. The van der Waals surface area contributed by atoms with Gasteiger partial charge in [0.2, 0.25) is 0 Å². The molecule has 0 amide bonds. The van der Waals surface area contributed by atoms with Gasteiger partial charge in [-0.05, 0) is 92.7 Å². The molecule has 4 aliphatic heterocycles. The van der Waals surface area contributed by atoms with Crippen LogP contribution >= 0.6 is 0 Å². The van der Waals surface area contributed by atoms with Crippen molar-refractivity contribution < 1.29 is 19.1 Å². The van der Waals surface area contributed by atoms with Crippen LogP contribution in [0.1, 0.15) is 73.5 Å². The zero-order valence-electron chi connectivity index (χ0n) is 30.1. The van der Waals surface area contributed by atoms with Crippen LogP contribution in [0.25, 0.3) is 21.8 Å². The van der Waals surface area contributed by atoms with E-state index >= 15 is 0 Å². The summed E-state index contributed by atoms with van der Waals surface area (Å²) < 4.78 is 11.2. The van der Waals surface area contributed by atoms with E-state index in [1.165, 1.54) is 52.3 Å². The normalized spacial score (nSPS) is 34.1. The highest BCUT2D eigenvalue weighted by Crippen LogP contribution is 2.56. The molecule has 0 radical (unpaired) electrons. The number of aromatic nitrogens is 2. The van der Waals surface area contributed by atoms with Gasteiger partial charge in [0.1, 0.15) is 5.41 Å². The number of carbonyl (C=O) groups is 2. The van der Waals surface area contributed by atoms with Gasteiger partial charge in [0.15, 0.2) is 0 Å². The van der Waals surface area contributed by atoms with Gasteiger partial charge < -0.3 is 19.4 Å². The van der Waals surface area contributed by atoms with Crippen molar-refractivity contribution >= 4 is 33.7 Å². The molecule has 1 saturated carbocycles. The van der Waals surface area contributed by atoms with Crippen LogP contribution in [-0.4, -0.2) is 84.7 Å². The number of nitrogens with zero attached hydrogens (tertiary/aromatic N) is 2. The number of esters is 2. The van der Waals surface area contributed by atoms with Gasteiger partial charge in [-0.1, -0.05) is 55.3 Å². The van der Waals surface area contributed by atoms with Crippen LogP contribution < -0.4 is 0 Å². The summed E-state index contributed by atoms with van der Waals surface area (Å²) in [5.74, 6) is 0.619. The van der Waals surface area contributed by atoms with Crippen LogP contribution in [0.5, 0.6) is 0 Å². The molecule has 3 saturated heterocycles. The molecule has 50 heavy (non-hydrogen) atoms. The van der Waals surface area contributed by atoms with E-state index in [0.717, 1.165) is 68.5 Å². The molecule has 2 aliphatic carbocycles. The van der Waals surface area contributed by atoms with Crippen molar-refractivity contribution in [2.45, 2.75) is 75.8 Å².